The zero-order valence-corrected chi connectivity index (χ0v) is 9.06. The van der Waals surface area contributed by atoms with E-state index in [1.807, 2.05) is 0 Å². The van der Waals surface area contributed by atoms with Gasteiger partial charge in [0.2, 0.25) is 0 Å². The molecule has 8 heteroatoms. The first kappa shape index (κ1) is 14.7. The summed E-state index contributed by atoms with van der Waals surface area (Å²) in [5.41, 5.74) is 5.40. The third kappa shape index (κ3) is 4.46. The molecule has 0 bridgehead atoms. The Labute approximate surface area is 99.3 Å². The van der Waals surface area contributed by atoms with Crippen molar-refractivity contribution in [3.63, 3.8) is 0 Å². The van der Waals surface area contributed by atoms with E-state index in [4.69, 9.17) is 5.73 Å². The molecule has 0 heterocycles. The van der Waals surface area contributed by atoms with Gasteiger partial charge in [0.05, 0.1) is 6.61 Å². The fraction of sp³-hybridized carbons (Fsp3) is 0.400. The van der Waals surface area contributed by atoms with E-state index in [0.29, 0.717) is 0 Å². The van der Waals surface area contributed by atoms with Gasteiger partial charge in [-0.3, -0.25) is 4.74 Å². The lowest BCUT2D eigenvalue weighted by Crippen LogP contribution is -2.18. The van der Waals surface area contributed by atoms with Crippen LogP contribution < -0.4 is 10.5 Å². The van der Waals surface area contributed by atoms with Gasteiger partial charge in [0.15, 0.2) is 17.4 Å². The van der Waals surface area contributed by atoms with Gasteiger partial charge in [-0.1, -0.05) is 0 Å². The molecule has 0 aliphatic heterocycles. The first-order chi connectivity index (χ1) is 8.33. The SMILES string of the molecule is NCc1cc(F)c(OCCOC(F)(F)F)c(F)c1. The predicted molar refractivity (Wildman–Crippen MR) is 51.8 cm³/mol. The largest absolute Gasteiger partial charge is 0.522 e. The first-order valence-electron chi connectivity index (χ1n) is 4.85. The van der Waals surface area contributed by atoms with Crippen LogP contribution in [0.1, 0.15) is 5.56 Å². The molecule has 3 nitrogen and oxygen atoms in total. The summed E-state index contributed by atoms with van der Waals surface area (Å²) in [5, 5.41) is 0. The fourth-order valence-corrected chi connectivity index (χ4v) is 1.17. The summed E-state index contributed by atoms with van der Waals surface area (Å²) >= 11 is 0. The summed E-state index contributed by atoms with van der Waals surface area (Å²) in [6.07, 6.45) is -4.80. The summed E-state index contributed by atoms with van der Waals surface area (Å²) in [4.78, 5) is 0. The minimum atomic E-state index is -4.80. The molecule has 1 aromatic rings. The van der Waals surface area contributed by atoms with Crippen molar-refractivity contribution < 1.29 is 31.4 Å². The van der Waals surface area contributed by atoms with E-state index in [-0.39, 0.29) is 12.1 Å². The Bertz CT molecular complexity index is 385. The lowest BCUT2D eigenvalue weighted by Gasteiger charge is -2.11. The molecule has 0 radical (unpaired) electrons. The number of nitrogens with two attached hydrogens (primary N) is 1. The minimum Gasteiger partial charge on any atom is -0.485 e. The second kappa shape index (κ2) is 5.96. The number of halogens is 5. The van der Waals surface area contributed by atoms with Crippen LogP contribution in [0.2, 0.25) is 0 Å². The summed E-state index contributed by atoms with van der Waals surface area (Å²) in [7, 11) is 0. The summed E-state index contributed by atoms with van der Waals surface area (Å²) in [6.45, 7) is -1.55. The van der Waals surface area contributed by atoms with Crippen LogP contribution in [0.25, 0.3) is 0 Å². The molecule has 1 rings (SSSR count). The lowest BCUT2D eigenvalue weighted by molar-refractivity contribution is -0.325. The van der Waals surface area contributed by atoms with Gasteiger partial charge < -0.3 is 10.5 Å². The Hall–Kier alpha value is -1.41. The van der Waals surface area contributed by atoms with E-state index < -0.39 is 37.0 Å². The molecule has 0 spiro atoms. The van der Waals surface area contributed by atoms with Crippen LogP contribution in [0.4, 0.5) is 22.0 Å². The van der Waals surface area contributed by atoms with Gasteiger partial charge in [0.25, 0.3) is 0 Å². The van der Waals surface area contributed by atoms with Gasteiger partial charge in [-0.25, -0.2) is 8.78 Å². The van der Waals surface area contributed by atoms with Crippen molar-refractivity contribution in [3.8, 4) is 5.75 Å². The van der Waals surface area contributed by atoms with E-state index in [9.17, 15) is 22.0 Å². The molecule has 1 aromatic carbocycles. The van der Waals surface area contributed by atoms with Crippen molar-refractivity contribution in [2.75, 3.05) is 13.2 Å². The maximum atomic E-state index is 13.3. The number of rotatable bonds is 5. The highest BCUT2D eigenvalue weighted by molar-refractivity contribution is 5.31. The van der Waals surface area contributed by atoms with Crippen molar-refractivity contribution in [1.29, 1.82) is 0 Å². The Morgan fingerprint density at radius 2 is 1.61 bits per heavy atom. The van der Waals surface area contributed by atoms with Crippen LogP contribution in [-0.4, -0.2) is 19.6 Å². The molecule has 0 atom stereocenters. The molecule has 0 aliphatic rings. The summed E-state index contributed by atoms with van der Waals surface area (Å²) < 4.78 is 69.3. The van der Waals surface area contributed by atoms with E-state index >= 15 is 0 Å². The lowest BCUT2D eigenvalue weighted by atomic mass is 10.2. The van der Waals surface area contributed by atoms with E-state index in [2.05, 4.69) is 9.47 Å². The van der Waals surface area contributed by atoms with Crippen LogP contribution in [0.5, 0.6) is 5.75 Å². The average Bonchev–Trinajstić information content (AvgIpc) is 2.25. The Kier molecular flexibility index (Phi) is 4.85. The third-order valence-corrected chi connectivity index (χ3v) is 1.89. The molecule has 0 saturated heterocycles. The van der Waals surface area contributed by atoms with Gasteiger partial charge in [0, 0.05) is 6.54 Å². The van der Waals surface area contributed by atoms with E-state index in [0.717, 1.165) is 12.1 Å². The maximum Gasteiger partial charge on any atom is 0.522 e. The molecule has 2 N–H and O–H groups in total. The Morgan fingerprint density at radius 3 is 2.06 bits per heavy atom. The van der Waals surface area contributed by atoms with Gasteiger partial charge in [-0.2, -0.15) is 0 Å². The van der Waals surface area contributed by atoms with Crippen LogP contribution in [0.3, 0.4) is 0 Å². The molecular weight excluding hydrogens is 261 g/mol. The predicted octanol–water partition coefficient (Wildman–Crippen LogP) is 2.34. The van der Waals surface area contributed by atoms with Crippen molar-refractivity contribution >= 4 is 0 Å². The van der Waals surface area contributed by atoms with Crippen LogP contribution in [-0.2, 0) is 11.3 Å². The van der Waals surface area contributed by atoms with Gasteiger partial charge >= 0.3 is 6.36 Å². The molecule has 0 fully saturated rings. The van der Waals surface area contributed by atoms with Gasteiger partial charge in [-0.15, -0.1) is 13.2 Å². The average molecular weight is 271 g/mol. The van der Waals surface area contributed by atoms with Crippen molar-refractivity contribution in [2.45, 2.75) is 12.9 Å². The minimum absolute atomic E-state index is 0.0642. The van der Waals surface area contributed by atoms with E-state index in [1.165, 1.54) is 0 Å². The van der Waals surface area contributed by atoms with Crippen molar-refractivity contribution in [1.82, 2.24) is 0 Å². The van der Waals surface area contributed by atoms with Crippen molar-refractivity contribution in [2.24, 2.45) is 5.73 Å². The topological polar surface area (TPSA) is 44.5 Å². The fourth-order valence-electron chi connectivity index (χ4n) is 1.17. The molecule has 0 aromatic heterocycles. The van der Waals surface area contributed by atoms with Crippen LogP contribution in [0, 0.1) is 11.6 Å². The zero-order valence-electron chi connectivity index (χ0n) is 9.06. The van der Waals surface area contributed by atoms with Crippen LogP contribution in [0.15, 0.2) is 12.1 Å². The molecule has 0 unspecified atom stereocenters. The first-order valence-corrected chi connectivity index (χ1v) is 4.85. The molecule has 102 valence electrons. The second-order valence-corrected chi connectivity index (χ2v) is 3.24. The molecule has 0 saturated carbocycles. The highest BCUT2D eigenvalue weighted by Crippen LogP contribution is 2.23. The number of benzene rings is 1. The van der Waals surface area contributed by atoms with Crippen molar-refractivity contribution in [3.05, 3.63) is 29.3 Å². The number of hydrogen-bond acceptors (Lipinski definition) is 3. The summed E-state index contributed by atoms with van der Waals surface area (Å²) in [5.74, 6) is -2.80. The maximum absolute atomic E-state index is 13.3. The van der Waals surface area contributed by atoms with E-state index in [1.54, 1.807) is 0 Å². The molecule has 0 aliphatic carbocycles. The van der Waals surface area contributed by atoms with Crippen LogP contribution >= 0.6 is 0 Å². The third-order valence-electron chi connectivity index (χ3n) is 1.89. The molecule has 0 amide bonds. The highest BCUT2D eigenvalue weighted by atomic mass is 19.4. The molecular formula is C10H10F5NO2. The molecule has 18 heavy (non-hydrogen) atoms. The van der Waals surface area contributed by atoms with Gasteiger partial charge in [-0.05, 0) is 17.7 Å². The number of hydrogen-bond donors (Lipinski definition) is 1. The normalized spacial score (nSPS) is 11.7. The monoisotopic (exact) mass is 271 g/mol. The Morgan fingerprint density at radius 1 is 1.06 bits per heavy atom. The quantitative estimate of drug-likeness (QED) is 0.660. The second-order valence-electron chi connectivity index (χ2n) is 3.24. The standard InChI is InChI=1S/C10H10F5NO2/c11-7-3-6(5-16)4-8(12)9(7)17-1-2-18-10(13,14)15/h3-4H,1-2,5,16H2. The number of ether oxygens (including phenoxy) is 2. The zero-order chi connectivity index (χ0) is 13.8. The Balaban J connectivity index is 2.57. The highest BCUT2D eigenvalue weighted by Gasteiger charge is 2.28. The smallest absolute Gasteiger partial charge is 0.485 e. The summed E-state index contributed by atoms with van der Waals surface area (Å²) in [6, 6.07) is 1.89. The number of alkyl halides is 3. The van der Waals surface area contributed by atoms with Gasteiger partial charge in [0.1, 0.15) is 6.61 Å².